The number of hydrogen-bond acceptors (Lipinski definition) is 5. The van der Waals surface area contributed by atoms with Gasteiger partial charge in [0.25, 0.3) is 0 Å². The first-order valence-corrected chi connectivity index (χ1v) is 10.5. The largest absolute Gasteiger partial charge is 0.381 e. The van der Waals surface area contributed by atoms with Crippen LogP contribution >= 0.6 is 12.4 Å². The quantitative estimate of drug-likeness (QED) is 0.635. The van der Waals surface area contributed by atoms with E-state index in [1.54, 1.807) is 0 Å². The number of fused-ring (bicyclic) bond motifs is 3. The van der Waals surface area contributed by atoms with Crippen LogP contribution in [0.2, 0.25) is 0 Å². The number of pyridine rings is 1. The van der Waals surface area contributed by atoms with Crippen molar-refractivity contribution < 1.29 is 9.47 Å². The summed E-state index contributed by atoms with van der Waals surface area (Å²) < 4.78 is 13.4. The Bertz CT molecular complexity index is 1090. The summed E-state index contributed by atoms with van der Waals surface area (Å²) in [7, 11) is 0. The second kappa shape index (κ2) is 8.81. The monoisotopic (exact) mass is 426 g/mol. The fourth-order valence-electron chi connectivity index (χ4n) is 4.80. The number of nitriles is 1. The first kappa shape index (κ1) is 20.9. The highest BCUT2D eigenvalue weighted by Gasteiger charge is 2.27. The maximum Gasteiger partial charge on any atom is 0.157 e. The molecule has 0 aliphatic carbocycles. The van der Waals surface area contributed by atoms with Crippen LogP contribution in [0, 0.1) is 24.2 Å². The van der Waals surface area contributed by atoms with E-state index in [0.717, 1.165) is 92.4 Å². The summed E-state index contributed by atoms with van der Waals surface area (Å²) in [6.45, 7) is 6.96. The molecule has 0 spiro atoms. The molecule has 5 rings (SSSR count). The van der Waals surface area contributed by atoms with E-state index in [9.17, 15) is 5.26 Å². The van der Waals surface area contributed by atoms with Crippen molar-refractivity contribution in [3.05, 3.63) is 41.0 Å². The zero-order valence-electron chi connectivity index (χ0n) is 17.3. The van der Waals surface area contributed by atoms with Crippen molar-refractivity contribution >= 4 is 34.9 Å². The molecular weight excluding hydrogens is 400 g/mol. The third-order valence-corrected chi connectivity index (χ3v) is 6.34. The molecule has 0 N–H and O–H groups in total. The standard InChI is InChI=1S/C23H26N4O2.ClH/c1-16-18(14-17-6-10-28-11-7-17)19(15-24)22-25-20-4-2-3-5-21(20)27(22)23(16)26-8-12-29-13-9-26;/h2-5,17H,6-14H2,1H3;1H. The van der Waals surface area contributed by atoms with E-state index in [4.69, 9.17) is 14.5 Å². The molecule has 2 saturated heterocycles. The topological polar surface area (TPSA) is 62.8 Å². The van der Waals surface area contributed by atoms with Crippen molar-refractivity contribution in [2.24, 2.45) is 5.92 Å². The molecule has 0 unspecified atom stereocenters. The molecule has 30 heavy (non-hydrogen) atoms. The zero-order chi connectivity index (χ0) is 19.8. The van der Waals surface area contributed by atoms with Crippen molar-refractivity contribution in [1.82, 2.24) is 9.38 Å². The maximum absolute atomic E-state index is 10.1. The number of para-hydroxylation sites is 2. The number of morpholine rings is 1. The molecule has 3 aromatic rings. The Morgan fingerprint density at radius 1 is 1.10 bits per heavy atom. The fourth-order valence-corrected chi connectivity index (χ4v) is 4.80. The van der Waals surface area contributed by atoms with Crippen molar-refractivity contribution in [3.63, 3.8) is 0 Å². The Morgan fingerprint density at radius 3 is 2.53 bits per heavy atom. The number of rotatable bonds is 3. The van der Waals surface area contributed by atoms with Crippen LogP contribution in [0.5, 0.6) is 0 Å². The van der Waals surface area contributed by atoms with E-state index in [-0.39, 0.29) is 12.4 Å². The highest BCUT2D eigenvalue weighted by Crippen LogP contribution is 2.35. The van der Waals surface area contributed by atoms with Crippen LogP contribution < -0.4 is 4.90 Å². The number of nitrogens with zero attached hydrogens (tertiary/aromatic N) is 4. The molecule has 0 saturated carbocycles. The number of ether oxygens (including phenoxy) is 2. The van der Waals surface area contributed by atoms with Crippen LogP contribution in [0.15, 0.2) is 24.3 Å². The predicted molar refractivity (Wildman–Crippen MR) is 120 cm³/mol. The van der Waals surface area contributed by atoms with Crippen molar-refractivity contribution in [3.8, 4) is 6.07 Å². The first-order valence-electron chi connectivity index (χ1n) is 10.5. The summed E-state index contributed by atoms with van der Waals surface area (Å²) in [6, 6.07) is 10.7. The molecule has 6 nitrogen and oxygen atoms in total. The van der Waals surface area contributed by atoms with E-state index < -0.39 is 0 Å². The minimum absolute atomic E-state index is 0. The van der Waals surface area contributed by atoms with Gasteiger partial charge < -0.3 is 14.4 Å². The van der Waals surface area contributed by atoms with Gasteiger partial charge in [-0.1, -0.05) is 12.1 Å². The van der Waals surface area contributed by atoms with Gasteiger partial charge >= 0.3 is 0 Å². The smallest absolute Gasteiger partial charge is 0.157 e. The lowest BCUT2D eigenvalue weighted by molar-refractivity contribution is 0.0665. The second-order valence-corrected chi connectivity index (χ2v) is 8.03. The second-order valence-electron chi connectivity index (χ2n) is 8.03. The third-order valence-electron chi connectivity index (χ3n) is 6.34. The van der Waals surface area contributed by atoms with Crippen LogP contribution in [0.1, 0.15) is 29.5 Å². The van der Waals surface area contributed by atoms with Crippen molar-refractivity contribution in [1.29, 1.82) is 5.26 Å². The van der Waals surface area contributed by atoms with Crippen LogP contribution in [0.3, 0.4) is 0 Å². The Labute approximate surface area is 182 Å². The van der Waals surface area contributed by atoms with E-state index in [1.165, 1.54) is 5.56 Å². The Morgan fingerprint density at radius 2 is 1.80 bits per heavy atom. The Kier molecular flexibility index (Phi) is 6.14. The van der Waals surface area contributed by atoms with Gasteiger partial charge in [-0.2, -0.15) is 5.26 Å². The van der Waals surface area contributed by atoms with E-state index in [0.29, 0.717) is 5.92 Å². The highest BCUT2D eigenvalue weighted by molar-refractivity contribution is 5.86. The summed E-state index contributed by atoms with van der Waals surface area (Å²) in [6.07, 6.45) is 3.02. The summed E-state index contributed by atoms with van der Waals surface area (Å²) in [5.74, 6) is 1.72. The van der Waals surface area contributed by atoms with Crippen LogP contribution in [0.25, 0.3) is 16.7 Å². The SMILES string of the molecule is Cc1c(CC2CCOCC2)c(C#N)c2nc3ccccc3n2c1N1CCOCC1.Cl. The third kappa shape index (κ3) is 3.51. The van der Waals surface area contributed by atoms with Gasteiger partial charge in [-0.3, -0.25) is 4.40 Å². The van der Waals surface area contributed by atoms with Gasteiger partial charge in [0.15, 0.2) is 5.65 Å². The lowest BCUT2D eigenvalue weighted by atomic mass is 9.88. The van der Waals surface area contributed by atoms with Crippen molar-refractivity contribution in [2.75, 3.05) is 44.4 Å². The van der Waals surface area contributed by atoms with E-state index in [1.807, 2.05) is 18.2 Å². The van der Waals surface area contributed by atoms with E-state index in [2.05, 4.69) is 28.4 Å². The average Bonchev–Trinajstić information content (AvgIpc) is 3.15. The van der Waals surface area contributed by atoms with Gasteiger partial charge in [0, 0.05) is 26.3 Å². The maximum atomic E-state index is 10.1. The Balaban J connectivity index is 0.00000218. The van der Waals surface area contributed by atoms with Gasteiger partial charge in [-0.25, -0.2) is 4.98 Å². The number of hydrogen-bond donors (Lipinski definition) is 0. The van der Waals surface area contributed by atoms with Gasteiger partial charge in [0.2, 0.25) is 0 Å². The minimum atomic E-state index is 0. The lowest BCUT2D eigenvalue weighted by Crippen LogP contribution is -2.38. The summed E-state index contributed by atoms with van der Waals surface area (Å²) in [5.41, 5.74) is 5.85. The van der Waals surface area contributed by atoms with Gasteiger partial charge in [0.1, 0.15) is 11.9 Å². The molecule has 7 heteroatoms. The molecule has 2 aliphatic rings. The van der Waals surface area contributed by atoms with Gasteiger partial charge in [-0.15, -0.1) is 12.4 Å². The first-order chi connectivity index (χ1) is 14.3. The van der Waals surface area contributed by atoms with Crippen LogP contribution in [-0.4, -0.2) is 48.9 Å². The summed E-state index contributed by atoms with van der Waals surface area (Å²) in [5, 5.41) is 10.1. The average molecular weight is 427 g/mol. The van der Waals surface area contributed by atoms with E-state index >= 15 is 0 Å². The molecule has 158 valence electrons. The molecule has 2 fully saturated rings. The number of aromatic nitrogens is 2. The number of imidazole rings is 1. The molecule has 0 atom stereocenters. The number of benzene rings is 1. The highest BCUT2D eigenvalue weighted by atomic mass is 35.5. The molecular formula is C23H27ClN4O2. The van der Waals surface area contributed by atoms with Crippen LogP contribution in [-0.2, 0) is 15.9 Å². The molecule has 0 radical (unpaired) electrons. The Hall–Kier alpha value is -2.33. The van der Waals surface area contributed by atoms with Gasteiger partial charge in [-0.05, 0) is 55.4 Å². The van der Waals surface area contributed by atoms with Gasteiger partial charge in [0.05, 0.1) is 29.8 Å². The molecule has 1 aromatic carbocycles. The molecule has 0 amide bonds. The normalized spacial score (nSPS) is 17.8. The summed E-state index contributed by atoms with van der Waals surface area (Å²) in [4.78, 5) is 7.29. The molecule has 4 heterocycles. The van der Waals surface area contributed by atoms with Crippen LogP contribution in [0.4, 0.5) is 5.82 Å². The predicted octanol–water partition coefficient (Wildman–Crippen LogP) is 3.90. The summed E-state index contributed by atoms with van der Waals surface area (Å²) >= 11 is 0. The fraction of sp³-hybridized carbons (Fsp3) is 0.478. The number of halogens is 1. The lowest BCUT2D eigenvalue weighted by Gasteiger charge is -2.32. The molecule has 0 bridgehead atoms. The molecule has 2 aromatic heterocycles. The number of anilines is 1. The molecule has 2 aliphatic heterocycles. The zero-order valence-corrected chi connectivity index (χ0v) is 18.1. The minimum Gasteiger partial charge on any atom is -0.381 e. The van der Waals surface area contributed by atoms with Crippen molar-refractivity contribution in [2.45, 2.75) is 26.2 Å².